The lowest BCUT2D eigenvalue weighted by Gasteiger charge is -2.20. The highest BCUT2D eigenvalue weighted by molar-refractivity contribution is 5.94. The predicted molar refractivity (Wildman–Crippen MR) is 101 cm³/mol. The largest absolute Gasteiger partial charge is 0.497 e. The van der Waals surface area contributed by atoms with E-state index in [1.54, 1.807) is 26.5 Å². The average Bonchev–Trinajstić information content (AvgIpc) is 2.98. The monoisotopic (exact) mass is 355 g/mol. The minimum atomic E-state index is 0.0629. The van der Waals surface area contributed by atoms with Crippen LogP contribution in [0.25, 0.3) is 0 Å². The third kappa shape index (κ3) is 4.25. The van der Waals surface area contributed by atoms with Gasteiger partial charge in [0, 0.05) is 25.4 Å². The zero-order valence-corrected chi connectivity index (χ0v) is 15.3. The Morgan fingerprint density at radius 2 is 1.81 bits per heavy atom. The van der Waals surface area contributed by atoms with Crippen molar-refractivity contribution in [1.82, 2.24) is 9.88 Å². The van der Waals surface area contributed by atoms with Gasteiger partial charge in [-0.2, -0.15) is 0 Å². The maximum absolute atomic E-state index is 12.6. The molecule has 6 nitrogen and oxygen atoms in total. The van der Waals surface area contributed by atoms with Gasteiger partial charge in [0.15, 0.2) is 0 Å². The van der Waals surface area contributed by atoms with E-state index in [0.717, 1.165) is 37.4 Å². The summed E-state index contributed by atoms with van der Waals surface area (Å²) >= 11 is 0. The fraction of sp³-hybridized carbons (Fsp3) is 0.400. The van der Waals surface area contributed by atoms with Crippen LogP contribution >= 0.6 is 0 Å². The highest BCUT2D eigenvalue weighted by Gasteiger charge is 2.17. The van der Waals surface area contributed by atoms with Gasteiger partial charge in [-0.05, 0) is 37.1 Å². The predicted octanol–water partition coefficient (Wildman–Crippen LogP) is 3.86. The topological polar surface area (TPSA) is 63.7 Å². The molecular weight excluding hydrogens is 330 g/mol. The molecule has 1 N–H and O–H groups in total. The molecule has 0 bridgehead atoms. The molecule has 1 amide bonds. The first kappa shape index (κ1) is 18.0. The number of amides is 1. The zero-order chi connectivity index (χ0) is 18.4. The second-order valence-corrected chi connectivity index (χ2v) is 6.33. The van der Waals surface area contributed by atoms with Crippen LogP contribution in [0.5, 0.6) is 11.5 Å². The van der Waals surface area contributed by atoms with Gasteiger partial charge in [0.1, 0.15) is 17.3 Å². The third-order valence-corrected chi connectivity index (χ3v) is 4.58. The summed E-state index contributed by atoms with van der Waals surface area (Å²) in [5.41, 5.74) is 1.41. The Morgan fingerprint density at radius 3 is 2.42 bits per heavy atom. The van der Waals surface area contributed by atoms with Gasteiger partial charge in [-0.3, -0.25) is 4.79 Å². The molecule has 1 aliphatic rings. The quantitative estimate of drug-likeness (QED) is 0.882. The van der Waals surface area contributed by atoms with Gasteiger partial charge in [0.25, 0.3) is 5.91 Å². The molecule has 1 aromatic heterocycles. The first-order valence-corrected chi connectivity index (χ1v) is 8.95. The van der Waals surface area contributed by atoms with Gasteiger partial charge in [0.05, 0.1) is 25.5 Å². The number of rotatable bonds is 5. The Kier molecular flexibility index (Phi) is 5.94. The first-order valence-electron chi connectivity index (χ1n) is 8.95. The van der Waals surface area contributed by atoms with Crippen LogP contribution in [0.15, 0.2) is 36.5 Å². The number of hydrogen-bond acceptors (Lipinski definition) is 5. The Morgan fingerprint density at radius 1 is 1.04 bits per heavy atom. The molecule has 3 rings (SSSR count). The second-order valence-electron chi connectivity index (χ2n) is 6.33. The van der Waals surface area contributed by atoms with E-state index in [1.165, 1.54) is 12.8 Å². The van der Waals surface area contributed by atoms with E-state index in [1.807, 2.05) is 29.2 Å². The van der Waals surface area contributed by atoms with E-state index in [0.29, 0.717) is 17.1 Å². The number of carbonyl (C=O) groups is 1. The van der Waals surface area contributed by atoms with Crippen molar-refractivity contribution >= 4 is 17.4 Å². The van der Waals surface area contributed by atoms with Crippen molar-refractivity contribution in [3.63, 3.8) is 0 Å². The summed E-state index contributed by atoms with van der Waals surface area (Å²) < 4.78 is 10.6. The summed E-state index contributed by atoms with van der Waals surface area (Å²) in [5.74, 6) is 2.10. The fourth-order valence-electron chi connectivity index (χ4n) is 3.09. The van der Waals surface area contributed by atoms with E-state index in [-0.39, 0.29) is 5.91 Å². The number of anilines is 2. The standard InChI is InChI=1S/C20H25N3O3/c1-25-16-8-9-17(18(13-16)26-2)22-19-10-7-15(14-21-19)20(24)23-11-5-3-4-6-12-23/h7-10,13-14H,3-6,11-12H2,1-2H3,(H,21,22). The van der Waals surface area contributed by atoms with Crippen molar-refractivity contribution in [3.8, 4) is 11.5 Å². The molecular formula is C20H25N3O3. The van der Waals surface area contributed by atoms with Crippen LogP contribution in [0, 0.1) is 0 Å². The second kappa shape index (κ2) is 8.56. The number of carbonyl (C=O) groups excluding carboxylic acids is 1. The van der Waals surface area contributed by atoms with Crippen LogP contribution in [-0.4, -0.2) is 43.1 Å². The average molecular weight is 355 g/mol. The van der Waals surface area contributed by atoms with Gasteiger partial charge >= 0.3 is 0 Å². The number of ether oxygens (including phenoxy) is 2. The van der Waals surface area contributed by atoms with Crippen LogP contribution in [-0.2, 0) is 0 Å². The minimum Gasteiger partial charge on any atom is -0.497 e. The summed E-state index contributed by atoms with van der Waals surface area (Å²) in [6.45, 7) is 1.67. The van der Waals surface area contributed by atoms with Crippen molar-refractivity contribution in [2.75, 3.05) is 32.6 Å². The van der Waals surface area contributed by atoms with E-state index in [4.69, 9.17) is 9.47 Å². The van der Waals surface area contributed by atoms with E-state index >= 15 is 0 Å². The number of pyridine rings is 1. The number of nitrogens with zero attached hydrogens (tertiary/aromatic N) is 2. The molecule has 0 radical (unpaired) electrons. The van der Waals surface area contributed by atoms with Gasteiger partial charge in [0.2, 0.25) is 0 Å². The highest BCUT2D eigenvalue weighted by atomic mass is 16.5. The smallest absolute Gasteiger partial charge is 0.255 e. The maximum Gasteiger partial charge on any atom is 0.255 e. The number of methoxy groups -OCH3 is 2. The maximum atomic E-state index is 12.6. The number of nitrogens with one attached hydrogen (secondary N) is 1. The summed E-state index contributed by atoms with van der Waals surface area (Å²) in [6.07, 6.45) is 6.20. The Bertz CT molecular complexity index is 738. The van der Waals surface area contributed by atoms with E-state index in [9.17, 15) is 4.79 Å². The first-order chi connectivity index (χ1) is 12.7. The van der Waals surface area contributed by atoms with Crippen molar-refractivity contribution < 1.29 is 14.3 Å². The molecule has 2 aromatic rings. The molecule has 2 heterocycles. The third-order valence-electron chi connectivity index (χ3n) is 4.58. The molecule has 0 saturated carbocycles. The van der Waals surface area contributed by atoms with Crippen LogP contribution in [0.2, 0.25) is 0 Å². The van der Waals surface area contributed by atoms with Crippen molar-refractivity contribution in [3.05, 3.63) is 42.1 Å². The number of likely N-dealkylation sites (tertiary alicyclic amines) is 1. The lowest BCUT2D eigenvalue weighted by molar-refractivity contribution is 0.0761. The van der Waals surface area contributed by atoms with Crippen LogP contribution in [0.4, 0.5) is 11.5 Å². The van der Waals surface area contributed by atoms with Gasteiger partial charge in [-0.25, -0.2) is 4.98 Å². The molecule has 138 valence electrons. The van der Waals surface area contributed by atoms with Crippen LogP contribution < -0.4 is 14.8 Å². The van der Waals surface area contributed by atoms with Crippen LogP contribution in [0.3, 0.4) is 0 Å². The fourth-order valence-corrected chi connectivity index (χ4v) is 3.09. The molecule has 0 aliphatic carbocycles. The SMILES string of the molecule is COc1ccc(Nc2ccc(C(=O)N3CCCCCC3)cn2)c(OC)c1. The van der Waals surface area contributed by atoms with Crippen molar-refractivity contribution in [2.45, 2.75) is 25.7 Å². The molecule has 1 aromatic carbocycles. The van der Waals surface area contributed by atoms with Crippen LogP contribution in [0.1, 0.15) is 36.0 Å². The van der Waals surface area contributed by atoms with Crippen molar-refractivity contribution in [1.29, 1.82) is 0 Å². The Balaban J connectivity index is 1.70. The number of hydrogen-bond donors (Lipinski definition) is 1. The Hall–Kier alpha value is -2.76. The summed E-state index contributed by atoms with van der Waals surface area (Å²) in [4.78, 5) is 18.9. The molecule has 0 unspecified atom stereocenters. The van der Waals surface area contributed by atoms with Gasteiger partial charge < -0.3 is 19.7 Å². The van der Waals surface area contributed by atoms with Gasteiger partial charge in [-0.15, -0.1) is 0 Å². The molecule has 6 heteroatoms. The minimum absolute atomic E-state index is 0.0629. The molecule has 0 atom stereocenters. The summed E-state index contributed by atoms with van der Waals surface area (Å²) in [5, 5.41) is 3.21. The van der Waals surface area contributed by atoms with E-state index in [2.05, 4.69) is 10.3 Å². The highest BCUT2D eigenvalue weighted by Crippen LogP contribution is 2.31. The lowest BCUT2D eigenvalue weighted by atomic mass is 10.2. The zero-order valence-electron chi connectivity index (χ0n) is 15.3. The molecule has 26 heavy (non-hydrogen) atoms. The summed E-state index contributed by atoms with van der Waals surface area (Å²) in [7, 11) is 3.22. The molecule has 1 saturated heterocycles. The molecule has 1 aliphatic heterocycles. The number of benzene rings is 1. The Labute approximate surface area is 154 Å². The molecule has 0 spiro atoms. The normalized spacial score (nSPS) is 14.5. The lowest BCUT2D eigenvalue weighted by Crippen LogP contribution is -2.31. The van der Waals surface area contributed by atoms with Crippen molar-refractivity contribution in [2.24, 2.45) is 0 Å². The molecule has 1 fully saturated rings. The number of aromatic nitrogens is 1. The van der Waals surface area contributed by atoms with E-state index < -0.39 is 0 Å². The van der Waals surface area contributed by atoms with Gasteiger partial charge in [-0.1, -0.05) is 12.8 Å². The summed E-state index contributed by atoms with van der Waals surface area (Å²) in [6, 6.07) is 9.16.